The zero-order chi connectivity index (χ0) is 12.7. The third kappa shape index (κ3) is 2.50. The van der Waals surface area contributed by atoms with E-state index in [9.17, 15) is 0 Å². The Balaban J connectivity index is 0.00000121. The topological polar surface area (TPSA) is 3.24 Å². The first-order valence-electron chi connectivity index (χ1n) is 7.32. The first-order chi connectivity index (χ1) is 9.43. The molecule has 2 aliphatic heterocycles. The molecule has 0 spiro atoms. The van der Waals surface area contributed by atoms with Crippen molar-refractivity contribution in [1.29, 1.82) is 0 Å². The molecule has 2 aliphatic rings. The molecule has 4 heteroatoms. The zero-order valence-electron chi connectivity index (χ0n) is 11.5. The molecule has 0 bridgehead atoms. The molecule has 20 heavy (non-hydrogen) atoms. The summed E-state index contributed by atoms with van der Waals surface area (Å²) in [6, 6.07) is 9.67. The summed E-state index contributed by atoms with van der Waals surface area (Å²) in [7, 11) is 0. The lowest BCUT2D eigenvalue weighted by molar-refractivity contribution is 0.159. The summed E-state index contributed by atoms with van der Waals surface area (Å²) in [6.45, 7) is 2.61. The summed E-state index contributed by atoms with van der Waals surface area (Å²) in [5, 5.41) is 1.52. The second-order valence-corrected chi connectivity index (χ2v) is 7.96. The maximum absolute atomic E-state index is 2.75. The van der Waals surface area contributed by atoms with Crippen molar-refractivity contribution in [3.8, 4) is 0 Å². The lowest BCUT2D eigenvalue weighted by Crippen LogP contribution is -2.35. The number of hydrogen-bond donors (Lipinski definition) is 0. The van der Waals surface area contributed by atoms with E-state index >= 15 is 0 Å². The molecule has 3 heterocycles. The van der Waals surface area contributed by atoms with Crippen LogP contribution in [0.4, 0.5) is 0 Å². The molecular weight excluding hydrogens is 306 g/mol. The minimum Gasteiger partial charge on any atom is -0.296 e. The van der Waals surface area contributed by atoms with Crippen LogP contribution in [0.15, 0.2) is 28.5 Å². The van der Waals surface area contributed by atoms with Crippen molar-refractivity contribution in [1.82, 2.24) is 4.90 Å². The van der Waals surface area contributed by atoms with Crippen molar-refractivity contribution in [3.05, 3.63) is 29.8 Å². The van der Waals surface area contributed by atoms with E-state index in [2.05, 4.69) is 40.9 Å². The molecule has 1 aromatic carbocycles. The van der Waals surface area contributed by atoms with Gasteiger partial charge in [0.2, 0.25) is 0 Å². The van der Waals surface area contributed by atoms with Gasteiger partial charge >= 0.3 is 0 Å². The van der Waals surface area contributed by atoms with Gasteiger partial charge in [-0.25, -0.2) is 0 Å². The van der Waals surface area contributed by atoms with Crippen molar-refractivity contribution in [2.24, 2.45) is 0 Å². The quantitative estimate of drug-likeness (QED) is 0.695. The number of likely N-dealkylation sites (tertiary alicyclic amines) is 1. The molecule has 1 atom stereocenters. The number of hydrogen-bond acceptors (Lipinski definition) is 3. The van der Waals surface area contributed by atoms with Gasteiger partial charge in [0.15, 0.2) is 0 Å². The fraction of sp³-hybridized carbons (Fsp3) is 0.500. The van der Waals surface area contributed by atoms with E-state index in [0.717, 1.165) is 0 Å². The van der Waals surface area contributed by atoms with Crippen LogP contribution in [0.3, 0.4) is 0 Å². The summed E-state index contributed by atoms with van der Waals surface area (Å²) in [4.78, 5) is 2.75. The van der Waals surface area contributed by atoms with Crippen LogP contribution in [-0.4, -0.2) is 23.7 Å². The molecule has 0 N–H and O–H groups in total. The monoisotopic (exact) mass is 325 g/mol. The highest BCUT2D eigenvalue weighted by atomic mass is 35.5. The number of piperidine rings is 1. The van der Waals surface area contributed by atoms with Crippen molar-refractivity contribution in [2.75, 3.05) is 18.8 Å². The van der Waals surface area contributed by atoms with Gasteiger partial charge in [-0.2, -0.15) is 0 Å². The maximum Gasteiger partial charge on any atom is 0.0659 e. The Hall–Kier alpha value is -0.220. The van der Waals surface area contributed by atoms with Gasteiger partial charge in [-0.1, -0.05) is 24.6 Å². The number of rotatable bonds is 1. The Morgan fingerprint density at radius 1 is 1.05 bits per heavy atom. The number of thioether (sulfide) groups is 1. The third-order valence-electron chi connectivity index (χ3n) is 4.39. The molecular formula is C16H20ClNS2. The lowest BCUT2D eigenvalue weighted by Gasteiger charge is -2.37. The summed E-state index contributed by atoms with van der Waals surface area (Å²) in [5.74, 6) is 1.29. The highest BCUT2D eigenvalue weighted by Crippen LogP contribution is 2.48. The molecule has 108 valence electrons. The van der Waals surface area contributed by atoms with Crippen LogP contribution in [-0.2, 0) is 0 Å². The first kappa shape index (κ1) is 14.7. The fourth-order valence-electron chi connectivity index (χ4n) is 3.47. The molecule has 0 saturated carbocycles. The van der Waals surface area contributed by atoms with E-state index in [4.69, 9.17) is 0 Å². The third-order valence-corrected chi connectivity index (χ3v) is 6.90. The van der Waals surface area contributed by atoms with Crippen LogP contribution >= 0.6 is 35.5 Å². The van der Waals surface area contributed by atoms with Crippen LogP contribution in [0.1, 0.15) is 37.3 Å². The van der Waals surface area contributed by atoms with E-state index in [1.807, 2.05) is 11.3 Å². The molecule has 1 aromatic heterocycles. The molecule has 1 nitrogen and oxygen atoms in total. The van der Waals surface area contributed by atoms with E-state index < -0.39 is 0 Å². The van der Waals surface area contributed by atoms with Gasteiger partial charge in [0.05, 0.1) is 4.21 Å². The Morgan fingerprint density at radius 3 is 2.70 bits per heavy atom. The number of fused-ring (bicyclic) bond motifs is 3. The van der Waals surface area contributed by atoms with Gasteiger partial charge in [-0.05, 0) is 43.8 Å². The first-order valence-corrected chi connectivity index (χ1v) is 9.12. The second-order valence-electron chi connectivity index (χ2n) is 5.55. The summed E-state index contributed by atoms with van der Waals surface area (Å²) < 4.78 is 3.06. The van der Waals surface area contributed by atoms with Gasteiger partial charge in [-0.3, -0.25) is 4.90 Å². The van der Waals surface area contributed by atoms with Gasteiger partial charge in [0.25, 0.3) is 0 Å². The minimum absolute atomic E-state index is 0. The van der Waals surface area contributed by atoms with E-state index in [0.29, 0.717) is 6.04 Å². The summed E-state index contributed by atoms with van der Waals surface area (Å²) in [5.41, 5.74) is 1.65. The predicted molar refractivity (Wildman–Crippen MR) is 92.6 cm³/mol. The molecule has 2 aromatic rings. The van der Waals surface area contributed by atoms with Crippen molar-refractivity contribution in [2.45, 2.75) is 35.9 Å². The second kappa shape index (κ2) is 6.27. The van der Waals surface area contributed by atoms with Gasteiger partial charge in [0, 0.05) is 22.1 Å². The van der Waals surface area contributed by atoms with Gasteiger partial charge < -0.3 is 0 Å². The Bertz CT molecular complexity index is 589. The van der Waals surface area contributed by atoms with Crippen LogP contribution in [0.2, 0.25) is 0 Å². The van der Waals surface area contributed by atoms with E-state index in [1.54, 1.807) is 9.77 Å². The molecule has 4 rings (SSSR count). The number of halogens is 1. The Kier molecular flexibility index (Phi) is 4.61. The molecule has 0 radical (unpaired) electrons. The van der Waals surface area contributed by atoms with Crippen molar-refractivity contribution < 1.29 is 0 Å². The smallest absolute Gasteiger partial charge is 0.0659 e. The van der Waals surface area contributed by atoms with Crippen LogP contribution in [0, 0.1) is 0 Å². The predicted octanol–water partition coefficient (Wildman–Crippen LogP) is 5.35. The van der Waals surface area contributed by atoms with Gasteiger partial charge in [0.1, 0.15) is 0 Å². The van der Waals surface area contributed by atoms with E-state index in [-0.39, 0.29) is 12.4 Å². The van der Waals surface area contributed by atoms with Crippen LogP contribution < -0.4 is 0 Å². The normalized spacial score (nSPS) is 23.3. The average Bonchev–Trinajstić information content (AvgIpc) is 2.86. The average molecular weight is 326 g/mol. The largest absolute Gasteiger partial charge is 0.296 e. The zero-order valence-corrected chi connectivity index (χ0v) is 14.0. The number of thiophene rings is 1. The van der Waals surface area contributed by atoms with Gasteiger partial charge in [-0.15, -0.1) is 35.5 Å². The standard InChI is InChI=1S/C16H19NS2.ClH/c1-4-9-17(10-5-1)13-8-11-18-16-15(13)12-6-2-3-7-14(12)19-16;/h2-3,6-7,13H,1,4-5,8-11H2;1H. The van der Waals surface area contributed by atoms with Crippen LogP contribution in [0.5, 0.6) is 0 Å². The highest BCUT2D eigenvalue weighted by molar-refractivity contribution is 8.01. The van der Waals surface area contributed by atoms with E-state index in [1.165, 1.54) is 54.6 Å². The molecule has 1 unspecified atom stereocenters. The maximum atomic E-state index is 2.75. The van der Waals surface area contributed by atoms with Crippen molar-refractivity contribution in [3.63, 3.8) is 0 Å². The molecule has 0 amide bonds. The lowest BCUT2D eigenvalue weighted by atomic mass is 9.98. The minimum atomic E-state index is 0. The van der Waals surface area contributed by atoms with Crippen LogP contribution in [0.25, 0.3) is 10.1 Å². The number of benzene rings is 1. The Labute approximate surface area is 135 Å². The Morgan fingerprint density at radius 2 is 1.85 bits per heavy atom. The highest BCUT2D eigenvalue weighted by Gasteiger charge is 2.30. The fourth-order valence-corrected chi connectivity index (χ4v) is 6.14. The molecule has 1 fully saturated rings. The number of nitrogens with zero attached hydrogens (tertiary/aromatic N) is 1. The SMILES string of the molecule is Cl.c1ccc2c3c(sc2c1)SCCC3N1CCCCC1. The molecule has 1 saturated heterocycles. The molecule has 0 aliphatic carbocycles. The summed E-state index contributed by atoms with van der Waals surface area (Å²) >= 11 is 4.08. The van der Waals surface area contributed by atoms with Crippen molar-refractivity contribution >= 4 is 45.6 Å². The summed E-state index contributed by atoms with van der Waals surface area (Å²) in [6.07, 6.45) is 5.54.